The van der Waals surface area contributed by atoms with Crippen molar-refractivity contribution in [2.24, 2.45) is 0 Å². The first-order valence-corrected chi connectivity index (χ1v) is 11.4. The summed E-state index contributed by atoms with van der Waals surface area (Å²) in [6.07, 6.45) is 5.58. The van der Waals surface area contributed by atoms with Crippen molar-refractivity contribution >= 4 is 11.1 Å². The average molecular weight is 445 g/mol. The van der Waals surface area contributed by atoms with Crippen molar-refractivity contribution in [2.75, 3.05) is 6.61 Å². The summed E-state index contributed by atoms with van der Waals surface area (Å²) in [4.78, 5) is 13.2. The predicted molar refractivity (Wildman–Crippen MR) is 119 cm³/mol. The van der Waals surface area contributed by atoms with Crippen LogP contribution < -0.4 is 10.3 Å². The smallest absolute Gasteiger partial charge is 0.314 e. The molecule has 0 saturated heterocycles. The van der Waals surface area contributed by atoms with Gasteiger partial charge < -0.3 is 9.29 Å². The SMILES string of the molecule is CCCCCCOc1c(-c2ccc(CS(=O)O)cc2)cnn(-c2ccc(F)cc2)c1=O. The summed E-state index contributed by atoms with van der Waals surface area (Å²) < 4.78 is 40.5. The average Bonchev–Trinajstić information content (AvgIpc) is 2.75. The van der Waals surface area contributed by atoms with E-state index < -0.39 is 22.5 Å². The molecule has 3 aromatic rings. The Morgan fingerprint density at radius 3 is 2.42 bits per heavy atom. The summed E-state index contributed by atoms with van der Waals surface area (Å²) in [5.41, 5.74) is 1.97. The monoisotopic (exact) mass is 444 g/mol. The van der Waals surface area contributed by atoms with Gasteiger partial charge in [0.1, 0.15) is 5.82 Å². The molecular weight excluding hydrogens is 419 g/mol. The molecule has 0 spiro atoms. The van der Waals surface area contributed by atoms with Crippen molar-refractivity contribution in [3.05, 3.63) is 76.5 Å². The largest absolute Gasteiger partial charge is 0.487 e. The van der Waals surface area contributed by atoms with Crippen molar-refractivity contribution < 1.29 is 17.9 Å². The lowest BCUT2D eigenvalue weighted by Gasteiger charge is -2.14. The second kappa shape index (κ2) is 11.0. The molecule has 0 radical (unpaired) electrons. The second-order valence-electron chi connectivity index (χ2n) is 7.15. The molecule has 1 atom stereocenters. The van der Waals surface area contributed by atoms with E-state index in [-0.39, 0.29) is 11.5 Å². The molecule has 0 fully saturated rings. The van der Waals surface area contributed by atoms with Gasteiger partial charge >= 0.3 is 5.56 Å². The van der Waals surface area contributed by atoms with E-state index in [1.165, 1.54) is 28.9 Å². The van der Waals surface area contributed by atoms with Gasteiger partial charge in [0.15, 0.2) is 16.8 Å². The summed E-state index contributed by atoms with van der Waals surface area (Å²) in [6.45, 7) is 2.52. The number of halogens is 1. The highest BCUT2D eigenvalue weighted by atomic mass is 32.2. The van der Waals surface area contributed by atoms with Crippen molar-refractivity contribution in [1.29, 1.82) is 0 Å². The molecule has 1 N–H and O–H groups in total. The number of rotatable bonds is 10. The van der Waals surface area contributed by atoms with Crippen molar-refractivity contribution in [3.8, 4) is 22.6 Å². The molecule has 3 rings (SSSR count). The normalized spacial score (nSPS) is 12.0. The molecule has 1 heterocycles. The number of benzene rings is 2. The van der Waals surface area contributed by atoms with Crippen LogP contribution in [0.4, 0.5) is 4.39 Å². The molecule has 31 heavy (non-hydrogen) atoms. The highest BCUT2D eigenvalue weighted by Crippen LogP contribution is 2.27. The fourth-order valence-corrected chi connectivity index (χ4v) is 3.65. The minimum absolute atomic E-state index is 0.0332. The number of aromatic nitrogens is 2. The second-order valence-corrected chi connectivity index (χ2v) is 8.08. The minimum Gasteiger partial charge on any atom is -0.487 e. The van der Waals surface area contributed by atoms with Crippen molar-refractivity contribution in [2.45, 2.75) is 38.4 Å². The van der Waals surface area contributed by atoms with Gasteiger partial charge in [-0.05, 0) is 41.8 Å². The third kappa shape index (κ3) is 6.08. The molecule has 164 valence electrons. The summed E-state index contributed by atoms with van der Waals surface area (Å²) in [5, 5.41) is 4.26. The van der Waals surface area contributed by atoms with E-state index in [2.05, 4.69) is 12.0 Å². The molecule has 1 unspecified atom stereocenters. The zero-order valence-electron chi connectivity index (χ0n) is 17.3. The van der Waals surface area contributed by atoms with Crippen LogP contribution in [0.1, 0.15) is 38.2 Å². The zero-order valence-corrected chi connectivity index (χ0v) is 18.1. The Morgan fingerprint density at radius 2 is 1.77 bits per heavy atom. The van der Waals surface area contributed by atoms with Crippen molar-refractivity contribution in [3.63, 3.8) is 0 Å². The summed E-state index contributed by atoms with van der Waals surface area (Å²) >= 11 is -1.93. The van der Waals surface area contributed by atoms with E-state index in [4.69, 9.17) is 9.29 Å². The predicted octanol–water partition coefficient (Wildman–Crippen LogP) is 4.72. The van der Waals surface area contributed by atoms with E-state index in [9.17, 15) is 13.4 Å². The summed E-state index contributed by atoms with van der Waals surface area (Å²) in [7, 11) is 0. The standard InChI is InChI=1S/C23H25FN2O4S/c1-2-3-4-5-14-30-22-21(18-8-6-17(7-9-18)16-31(28)29)15-25-26(23(22)27)20-12-10-19(24)11-13-20/h6-13,15H,2-5,14,16H2,1H3,(H,28,29). The van der Waals surface area contributed by atoms with E-state index in [0.717, 1.165) is 25.7 Å². The maximum absolute atomic E-state index is 13.3. The fraction of sp³-hybridized carbons (Fsp3) is 0.304. The number of unbranched alkanes of at least 4 members (excludes halogenated alkanes) is 3. The lowest BCUT2D eigenvalue weighted by Crippen LogP contribution is -2.24. The van der Waals surface area contributed by atoms with E-state index >= 15 is 0 Å². The first-order valence-electron chi connectivity index (χ1n) is 10.2. The molecule has 6 nitrogen and oxygen atoms in total. The van der Waals surface area contributed by atoms with Crippen LogP contribution in [0, 0.1) is 5.82 Å². The molecule has 0 saturated carbocycles. The summed E-state index contributed by atoms with van der Waals surface area (Å²) in [6, 6.07) is 12.5. The topological polar surface area (TPSA) is 81.4 Å². The number of nitrogens with zero attached hydrogens (tertiary/aromatic N) is 2. The number of hydrogen-bond donors (Lipinski definition) is 1. The molecule has 1 aromatic heterocycles. The van der Waals surface area contributed by atoms with Gasteiger partial charge in [0.05, 0.1) is 24.2 Å². The van der Waals surface area contributed by atoms with Crippen LogP contribution in [0.5, 0.6) is 5.75 Å². The quantitative estimate of drug-likeness (QED) is 0.361. The Kier molecular flexibility index (Phi) is 8.08. The maximum Gasteiger partial charge on any atom is 0.314 e. The molecule has 0 aliphatic carbocycles. The van der Waals surface area contributed by atoms with Crippen LogP contribution >= 0.6 is 0 Å². The van der Waals surface area contributed by atoms with Crippen LogP contribution in [-0.4, -0.2) is 25.1 Å². The lowest BCUT2D eigenvalue weighted by molar-refractivity contribution is 0.300. The molecule has 0 aliphatic rings. The lowest BCUT2D eigenvalue weighted by atomic mass is 10.1. The third-order valence-electron chi connectivity index (χ3n) is 4.80. The fourth-order valence-electron chi connectivity index (χ4n) is 3.18. The van der Waals surface area contributed by atoms with Crippen LogP contribution in [0.15, 0.2) is 59.5 Å². The number of hydrogen-bond acceptors (Lipinski definition) is 4. The van der Waals surface area contributed by atoms with Gasteiger partial charge in [0.2, 0.25) is 0 Å². The molecule has 8 heteroatoms. The molecular formula is C23H25FN2O4S. The van der Waals surface area contributed by atoms with Crippen molar-refractivity contribution in [1.82, 2.24) is 9.78 Å². The Morgan fingerprint density at radius 1 is 1.06 bits per heavy atom. The van der Waals surface area contributed by atoms with Gasteiger partial charge in [-0.15, -0.1) is 0 Å². The van der Waals surface area contributed by atoms with Gasteiger partial charge in [-0.3, -0.25) is 4.79 Å². The Hall–Kier alpha value is -2.84. The van der Waals surface area contributed by atoms with Crippen LogP contribution in [0.3, 0.4) is 0 Å². The number of ether oxygens (including phenoxy) is 1. The molecule has 2 aromatic carbocycles. The van der Waals surface area contributed by atoms with E-state index in [1.54, 1.807) is 30.5 Å². The Labute approximate surface area is 183 Å². The zero-order chi connectivity index (χ0) is 22.2. The molecule has 0 bridgehead atoms. The highest BCUT2D eigenvalue weighted by molar-refractivity contribution is 7.78. The third-order valence-corrected chi connectivity index (χ3v) is 5.38. The van der Waals surface area contributed by atoms with Crippen LogP contribution in [0.25, 0.3) is 16.8 Å². The summed E-state index contributed by atoms with van der Waals surface area (Å²) in [5.74, 6) is -0.190. The molecule has 0 aliphatic heterocycles. The molecule has 0 amide bonds. The van der Waals surface area contributed by atoms with E-state index in [1.807, 2.05) is 0 Å². The Bertz CT molecular complexity index is 1080. The van der Waals surface area contributed by atoms with Crippen LogP contribution in [0.2, 0.25) is 0 Å². The highest BCUT2D eigenvalue weighted by Gasteiger charge is 2.16. The first kappa shape index (κ1) is 22.8. The van der Waals surface area contributed by atoms with Gasteiger partial charge in [0.25, 0.3) is 0 Å². The van der Waals surface area contributed by atoms with Gasteiger partial charge in [-0.1, -0.05) is 50.5 Å². The van der Waals surface area contributed by atoms with Gasteiger partial charge in [0, 0.05) is 5.56 Å². The maximum atomic E-state index is 13.3. The van der Waals surface area contributed by atoms with Gasteiger partial charge in [-0.2, -0.15) is 9.78 Å². The first-order chi connectivity index (χ1) is 15.0. The van der Waals surface area contributed by atoms with Crippen LogP contribution in [-0.2, 0) is 16.8 Å². The van der Waals surface area contributed by atoms with Gasteiger partial charge in [-0.25, -0.2) is 8.60 Å². The minimum atomic E-state index is -1.93. The van der Waals surface area contributed by atoms with E-state index in [0.29, 0.717) is 29.0 Å². The Balaban J connectivity index is 1.97.